The summed E-state index contributed by atoms with van der Waals surface area (Å²) in [7, 11) is 7.11. The second-order valence-electron chi connectivity index (χ2n) is 10.8. The molecule has 3 saturated heterocycles. The first-order valence-corrected chi connectivity index (χ1v) is 13.7. The van der Waals surface area contributed by atoms with Gasteiger partial charge in [-0.25, -0.2) is 9.59 Å². The lowest BCUT2D eigenvalue weighted by atomic mass is 9.65. The average Bonchev–Trinajstić information content (AvgIpc) is 3.32. The van der Waals surface area contributed by atoms with E-state index in [0.29, 0.717) is 51.3 Å². The molecule has 3 radical (unpaired) electrons. The number of fused-ring (bicyclic) bond motifs is 5. The highest BCUT2D eigenvalue weighted by Crippen LogP contribution is 2.51. The Morgan fingerprint density at radius 2 is 2.03 bits per heavy atom. The van der Waals surface area contributed by atoms with Gasteiger partial charge in [0.05, 0.1) is 23.2 Å². The standard InChI is InChI=1S/C27H31B2N4O6/c1-3-16-17-11-15(39-26(36)31-7-9-32(29-28)10-8-31)5-6-21(17)30-23-18(16)13-33-22(23)12-20-19(24(33)34)14-38-25(35)27(20,37)4-2/h5-6,11,19-20,22,37H,3-4,7-10,12-14H2,1-2H3. The van der Waals surface area contributed by atoms with Crippen molar-refractivity contribution in [3.63, 3.8) is 0 Å². The first kappa shape index (κ1) is 26.1. The molecule has 0 spiro atoms. The fraction of sp³-hybridized carbons (Fsp3) is 0.556. The number of benzene rings is 1. The third kappa shape index (κ3) is 4.10. The summed E-state index contributed by atoms with van der Waals surface area (Å²) in [6.45, 7) is 6.60. The fourth-order valence-electron chi connectivity index (χ4n) is 6.76. The lowest BCUT2D eigenvalue weighted by molar-refractivity contribution is -0.202. The van der Waals surface area contributed by atoms with Crippen molar-refractivity contribution in [2.75, 3.05) is 32.8 Å². The number of nitrogens with zero attached hydrogens (tertiary/aromatic N) is 4. The molecule has 4 aliphatic heterocycles. The summed E-state index contributed by atoms with van der Waals surface area (Å²) < 4.78 is 11.0. The van der Waals surface area contributed by atoms with Crippen molar-refractivity contribution < 1.29 is 29.0 Å². The van der Waals surface area contributed by atoms with Gasteiger partial charge in [-0.1, -0.05) is 13.8 Å². The number of amides is 2. The van der Waals surface area contributed by atoms with Crippen LogP contribution in [0.15, 0.2) is 18.2 Å². The molecule has 4 unspecified atom stereocenters. The number of carbonyl (C=O) groups is 3. The molecule has 0 saturated carbocycles. The highest BCUT2D eigenvalue weighted by Gasteiger charge is 2.59. The third-order valence-corrected chi connectivity index (χ3v) is 9.03. The second-order valence-corrected chi connectivity index (χ2v) is 10.8. The Morgan fingerprint density at radius 1 is 1.26 bits per heavy atom. The molecule has 4 atom stereocenters. The second kappa shape index (κ2) is 9.82. The number of hydrogen-bond acceptors (Lipinski definition) is 8. The van der Waals surface area contributed by atoms with E-state index in [1.165, 1.54) is 7.31 Å². The Balaban J connectivity index is 1.30. The average molecular weight is 529 g/mol. The summed E-state index contributed by atoms with van der Waals surface area (Å²) >= 11 is 0. The van der Waals surface area contributed by atoms with E-state index < -0.39 is 29.5 Å². The monoisotopic (exact) mass is 529 g/mol. The zero-order valence-electron chi connectivity index (χ0n) is 22.3. The minimum Gasteiger partial charge on any atom is -0.463 e. The van der Waals surface area contributed by atoms with Crippen molar-refractivity contribution >= 4 is 43.9 Å². The van der Waals surface area contributed by atoms with Crippen molar-refractivity contribution in [3.8, 4) is 5.75 Å². The van der Waals surface area contributed by atoms with Crippen LogP contribution >= 0.6 is 0 Å². The van der Waals surface area contributed by atoms with Crippen LogP contribution in [0.3, 0.4) is 0 Å². The molecule has 0 bridgehead atoms. The predicted octanol–water partition coefficient (Wildman–Crippen LogP) is 1.33. The van der Waals surface area contributed by atoms with Crippen LogP contribution in [-0.4, -0.2) is 96.1 Å². The zero-order chi connectivity index (χ0) is 27.5. The van der Waals surface area contributed by atoms with Gasteiger partial charge in [0, 0.05) is 51.8 Å². The number of pyridine rings is 1. The Hall–Kier alpha value is -3.11. The topological polar surface area (TPSA) is 113 Å². The van der Waals surface area contributed by atoms with Crippen molar-refractivity contribution in [1.82, 2.24) is 19.6 Å². The quantitative estimate of drug-likeness (QED) is 0.467. The largest absolute Gasteiger partial charge is 0.463 e. The lowest BCUT2D eigenvalue weighted by Crippen LogP contribution is -2.61. The normalized spacial score (nSPS) is 28.5. The maximum Gasteiger partial charge on any atom is 0.415 e. The molecule has 6 rings (SSSR count). The van der Waals surface area contributed by atoms with Crippen LogP contribution in [0.4, 0.5) is 4.79 Å². The number of hydrogen-bond donors (Lipinski definition) is 1. The molecule has 12 heteroatoms. The molecule has 2 aromatic rings. The van der Waals surface area contributed by atoms with Gasteiger partial charge in [-0.15, -0.1) is 0 Å². The summed E-state index contributed by atoms with van der Waals surface area (Å²) in [5.74, 6) is -1.39. The fourth-order valence-corrected chi connectivity index (χ4v) is 6.76. The van der Waals surface area contributed by atoms with Crippen LogP contribution in [0.2, 0.25) is 0 Å². The van der Waals surface area contributed by atoms with Gasteiger partial charge in [-0.3, -0.25) is 9.78 Å². The van der Waals surface area contributed by atoms with E-state index in [9.17, 15) is 19.5 Å². The number of piperazine rings is 1. The number of aryl methyl sites for hydroxylation is 1. The SMILES string of the molecule is [B][B]N1CCN(C(=O)Oc2ccc3nc4c(c(CC)c3c2)CN2C(=O)C3COC(=O)C(O)(CC)C3CC42)CC1. The Labute approximate surface area is 229 Å². The van der Waals surface area contributed by atoms with Crippen LogP contribution in [0.25, 0.3) is 10.9 Å². The minimum atomic E-state index is -1.67. The van der Waals surface area contributed by atoms with E-state index in [0.717, 1.165) is 27.7 Å². The van der Waals surface area contributed by atoms with Gasteiger partial charge in [-0.2, -0.15) is 0 Å². The van der Waals surface area contributed by atoms with E-state index in [1.807, 2.05) is 21.8 Å². The summed E-state index contributed by atoms with van der Waals surface area (Å²) in [5.41, 5.74) is 1.95. The summed E-state index contributed by atoms with van der Waals surface area (Å²) in [5, 5.41) is 12.1. The summed E-state index contributed by atoms with van der Waals surface area (Å²) in [4.78, 5) is 49.3. The van der Waals surface area contributed by atoms with Crippen molar-refractivity contribution in [3.05, 3.63) is 35.0 Å². The maximum atomic E-state index is 13.6. The van der Waals surface area contributed by atoms with Gasteiger partial charge in [0.25, 0.3) is 0 Å². The molecule has 4 aliphatic rings. The highest BCUT2D eigenvalue weighted by molar-refractivity contribution is 6.87. The lowest BCUT2D eigenvalue weighted by Gasteiger charge is -2.48. The Kier molecular flexibility index (Phi) is 6.58. The molecule has 0 aliphatic carbocycles. The molecule has 1 aromatic carbocycles. The molecule has 2 amide bonds. The number of aliphatic hydroxyl groups is 1. The first-order chi connectivity index (χ1) is 18.8. The molecule has 3 fully saturated rings. The number of carbonyl (C=O) groups excluding carboxylic acids is 3. The molecule has 10 nitrogen and oxygen atoms in total. The number of ether oxygens (including phenoxy) is 2. The van der Waals surface area contributed by atoms with E-state index in [-0.39, 0.29) is 25.0 Å². The Morgan fingerprint density at radius 3 is 2.72 bits per heavy atom. The van der Waals surface area contributed by atoms with Crippen LogP contribution < -0.4 is 4.74 Å². The highest BCUT2D eigenvalue weighted by atomic mass is 16.6. The van der Waals surface area contributed by atoms with Gasteiger partial charge in [0.15, 0.2) is 5.60 Å². The van der Waals surface area contributed by atoms with Crippen molar-refractivity contribution in [2.45, 2.75) is 51.3 Å². The van der Waals surface area contributed by atoms with Crippen LogP contribution in [0, 0.1) is 11.8 Å². The molecule has 1 N–H and O–H groups in total. The number of rotatable bonds is 4. The summed E-state index contributed by atoms with van der Waals surface area (Å²) in [6, 6.07) is 5.12. The minimum absolute atomic E-state index is 0.00545. The first-order valence-electron chi connectivity index (χ1n) is 13.7. The molecule has 5 heterocycles. The van der Waals surface area contributed by atoms with E-state index in [2.05, 4.69) is 6.92 Å². The molecule has 1 aromatic heterocycles. The van der Waals surface area contributed by atoms with Gasteiger partial charge < -0.3 is 29.2 Å². The van der Waals surface area contributed by atoms with E-state index in [4.69, 9.17) is 22.2 Å². The number of esters is 1. The van der Waals surface area contributed by atoms with Gasteiger partial charge in [-0.05, 0) is 48.6 Å². The molecular formula is C27H31B2N4O6. The molecule has 39 heavy (non-hydrogen) atoms. The summed E-state index contributed by atoms with van der Waals surface area (Å²) in [6.07, 6.45) is 0.950. The Bertz CT molecular complexity index is 1350. The maximum absolute atomic E-state index is 13.6. The van der Waals surface area contributed by atoms with E-state index >= 15 is 0 Å². The van der Waals surface area contributed by atoms with Crippen LogP contribution in [-0.2, 0) is 27.3 Å². The van der Waals surface area contributed by atoms with Crippen LogP contribution in [0.5, 0.6) is 5.75 Å². The zero-order valence-corrected chi connectivity index (χ0v) is 22.3. The third-order valence-electron chi connectivity index (χ3n) is 9.03. The number of aromatic nitrogens is 1. The van der Waals surface area contributed by atoms with Gasteiger partial charge in [0.1, 0.15) is 19.7 Å². The number of piperidine rings is 1. The van der Waals surface area contributed by atoms with Gasteiger partial charge >= 0.3 is 12.1 Å². The predicted molar refractivity (Wildman–Crippen MR) is 143 cm³/mol. The van der Waals surface area contributed by atoms with Crippen molar-refractivity contribution in [1.29, 1.82) is 0 Å². The smallest absolute Gasteiger partial charge is 0.415 e. The van der Waals surface area contributed by atoms with Gasteiger partial charge in [0.2, 0.25) is 5.91 Å². The van der Waals surface area contributed by atoms with Crippen molar-refractivity contribution in [2.24, 2.45) is 11.8 Å². The number of cyclic esters (lactones) is 1. The molecular weight excluding hydrogens is 498 g/mol. The van der Waals surface area contributed by atoms with E-state index in [1.54, 1.807) is 17.9 Å². The van der Waals surface area contributed by atoms with Crippen LogP contribution in [0.1, 0.15) is 49.6 Å². The molecule has 201 valence electrons.